The van der Waals surface area contributed by atoms with Crippen LogP contribution in [0.15, 0.2) is 48.5 Å². The molecule has 4 rings (SSSR count). The number of alkyl halides is 3. The van der Waals surface area contributed by atoms with Gasteiger partial charge < -0.3 is 15.0 Å². The summed E-state index contributed by atoms with van der Waals surface area (Å²) in [6, 6.07) is 12.2. The van der Waals surface area contributed by atoms with Gasteiger partial charge in [-0.3, -0.25) is 4.79 Å². The van der Waals surface area contributed by atoms with E-state index in [9.17, 15) is 22.8 Å². The van der Waals surface area contributed by atoms with E-state index >= 15 is 0 Å². The van der Waals surface area contributed by atoms with E-state index in [4.69, 9.17) is 11.6 Å². The Morgan fingerprint density at radius 3 is 2.32 bits per heavy atom. The lowest BCUT2D eigenvalue weighted by molar-refractivity contribution is -0.141. The number of ether oxygens (including phenoxy) is 1. The molecule has 7 nitrogen and oxygen atoms in total. The lowest BCUT2D eigenvalue weighted by Crippen LogP contribution is -2.30. The van der Waals surface area contributed by atoms with Crippen molar-refractivity contribution >= 4 is 35.0 Å². The topological polar surface area (TPSA) is 76.5 Å². The zero-order chi connectivity index (χ0) is 24.6. The fourth-order valence-electron chi connectivity index (χ4n) is 3.84. The third-order valence-electron chi connectivity index (χ3n) is 5.53. The van der Waals surface area contributed by atoms with Crippen molar-refractivity contribution in [3.8, 4) is 0 Å². The van der Waals surface area contributed by atoms with Gasteiger partial charge in [-0.2, -0.15) is 18.3 Å². The third-order valence-corrected chi connectivity index (χ3v) is 5.78. The Morgan fingerprint density at radius 1 is 1.09 bits per heavy atom. The molecular formula is C23H20ClF3N4O3. The maximum atomic E-state index is 13.8. The average Bonchev–Trinajstić information content (AvgIpc) is 3.39. The molecule has 34 heavy (non-hydrogen) atoms. The van der Waals surface area contributed by atoms with Crippen LogP contribution in [0.1, 0.15) is 44.9 Å². The number of anilines is 2. The van der Waals surface area contributed by atoms with Crippen LogP contribution < -0.4 is 10.2 Å². The van der Waals surface area contributed by atoms with E-state index in [0.29, 0.717) is 28.4 Å². The number of benzene rings is 2. The maximum Gasteiger partial charge on any atom is 0.436 e. The Hall–Kier alpha value is -3.53. The molecule has 2 aromatic carbocycles. The first-order valence-electron chi connectivity index (χ1n) is 10.3. The minimum absolute atomic E-state index is 0.0698. The Morgan fingerprint density at radius 2 is 1.74 bits per heavy atom. The molecule has 0 saturated carbocycles. The summed E-state index contributed by atoms with van der Waals surface area (Å²) in [6.45, 7) is 2.19. The molecule has 0 fully saturated rings. The first kappa shape index (κ1) is 23.6. The number of fused-ring (bicyclic) bond motifs is 1. The van der Waals surface area contributed by atoms with E-state index in [1.54, 1.807) is 48.2 Å². The molecule has 0 aliphatic carbocycles. The van der Waals surface area contributed by atoms with Crippen LogP contribution in [0.4, 0.5) is 24.7 Å². The van der Waals surface area contributed by atoms with Gasteiger partial charge in [0.1, 0.15) is 11.4 Å². The first-order valence-corrected chi connectivity index (χ1v) is 10.7. The zero-order valence-corrected chi connectivity index (χ0v) is 18.9. The highest BCUT2D eigenvalue weighted by atomic mass is 35.5. The number of hydrogen-bond acceptors (Lipinski definition) is 5. The van der Waals surface area contributed by atoms with Crippen LogP contribution in [0.25, 0.3) is 0 Å². The summed E-state index contributed by atoms with van der Waals surface area (Å²) in [5, 5.41) is 6.82. The Labute approximate surface area is 198 Å². The van der Waals surface area contributed by atoms with E-state index < -0.39 is 35.4 Å². The second-order valence-electron chi connectivity index (χ2n) is 7.70. The summed E-state index contributed by atoms with van der Waals surface area (Å²) >= 11 is 5.94. The van der Waals surface area contributed by atoms with E-state index in [-0.39, 0.29) is 12.4 Å². The maximum absolute atomic E-state index is 13.8. The number of aromatic nitrogens is 2. The molecule has 0 saturated heterocycles. The van der Waals surface area contributed by atoms with Gasteiger partial charge in [-0.25, -0.2) is 9.48 Å². The monoisotopic (exact) mass is 492 g/mol. The highest BCUT2D eigenvalue weighted by Crippen LogP contribution is 2.41. The third kappa shape index (κ3) is 4.45. The summed E-state index contributed by atoms with van der Waals surface area (Å²) in [7, 11) is 1.26. The van der Waals surface area contributed by atoms with Crippen molar-refractivity contribution in [1.29, 1.82) is 0 Å². The van der Waals surface area contributed by atoms with Crippen LogP contribution in [-0.2, 0) is 17.5 Å². The number of nitrogens with one attached hydrogen (secondary N) is 1. The van der Waals surface area contributed by atoms with Crippen molar-refractivity contribution < 1.29 is 27.5 Å². The van der Waals surface area contributed by atoms with Gasteiger partial charge in [0, 0.05) is 17.3 Å². The SMILES string of the molecule is COC(=O)c1ccc([C@H](C)NC(=O)c2c(C(F)(F)F)nn3c2N(c2ccc(Cl)cc2)CC3)cc1. The Bertz CT molecular complexity index is 1220. The molecule has 0 radical (unpaired) electrons. The van der Waals surface area contributed by atoms with Crippen molar-refractivity contribution in [2.24, 2.45) is 0 Å². The summed E-state index contributed by atoms with van der Waals surface area (Å²) in [4.78, 5) is 26.4. The number of halogens is 4. The Balaban J connectivity index is 1.67. The predicted molar refractivity (Wildman–Crippen MR) is 119 cm³/mol. The summed E-state index contributed by atoms with van der Waals surface area (Å²) in [5.74, 6) is -1.35. The van der Waals surface area contributed by atoms with Gasteiger partial charge in [0.2, 0.25) is 0 Å². The molecule has 0 spiro atoms. The fraction of sp³-hybridized carbons (Fsp3) is 0.261. The van der Waals surface area contributed by atoms with Crippen molar-refractivity contribution in [3.63, 3.8) is 0 Å². The van der Waals surface area contributed by atoms with Gasteiger partial charge in [0.05, 0.1) is 25.3 Å². The van der Waals surface area contributed by atoms with Crippen LogP contribution in [0.3, 0.4) is 0 Å². The number of rotatable bonds is 5. The average molecular weight is 493 g/mol. The molecule has 1 aliphatic heterocycles. The lowest BCUT2D eigenvalue weighted by atomic mass is 10.1. The number of methoxy groups -OCH3 is 1. The highest BCUT2D eigenvalue weighted by molar-refractivity contribution is 6.30. The van der Waals surface area contributed by atoms with Gasteiger partial charge in [0.25, 0.3) is 5.91 Å². The first-order chi connectivity index (χ1) is 16.1. The van der Waals surface area contributed by atoms with Crippen molar-refractivity contribution in [1.82, 2.24) is 15.1 Å². The number of carbonyl (C=O) groups is 2. The number of amides is 1. The molecule has 3 aromatic rings. The molecule has 1 amide bonds. The van der Waals surface area contributed by atoms with Crippen molar-refractivity contribution in [2.75, 3.05) is 18.6 Å². The molecule has 1 aromatic heterocycles. The molecule has 178 valence electrons. The summed E-state index contributed by atoms with van der Waals surface area (Å²) in [5.41, 5.74) is -0.271. The molecule has 11 heteroatoms. The Kier molecular flexibility index (Phi) is 6.26. The minimum Gasteiger partial charge on any atom is -0.465 e. The van der Waals surface area contributed by atoms with Crippen LogP contribution >= 0.6 is 11.6 Å². The van der Waals surface area contributed by atoms with Crippen LogP contribution in [0, 0.1) is 0 Å². The van der Waals surface area contributed by atoms with Crippen LogP contribution in [0.5, 0.6) is 0 Å². The largest absolute Gasteiger partial charge is 0.465 e. The lowest BCUT2D eigenvalue weighted by Gasteiger charge is -2.21. The van der Waals surface area contributed by atoms with E-state index in [1.807, 2.05) is 0 Å². The second-order valence-corrected chi connectivity index (χ2v) is 8.14. The number of hydrogen-bond donors (Lipinski definition) is 1. The molecular weight excluding hydrogens is 473 g/mol. The van der Waals surface area contributed by atoms with Crippen LogP contribution in [0.2, 0.25) is 5.02 Å². The van der Waals surface area contributed by atoms with Crippen LogP contribution in [-0.4, -0.2) is 35.3 Å². The quantitative estimate of drug-likeness (QED) is 0.508. The molecule has 2 heterocycles. The summed E-state index contributed by atoms with van der Waals surface area (Å²) < 4.78 is 47.3. The summed E-state index contributed by atoms with van der Waals surface area (Å²) in [6.07, 6.45) is -4.82. The highest BCUT2D eigenvalue weighted by Gasteiger charge is 2.44. The van der Waals surface area contributed by atoms with E-state index in [2.05, 4.69) is 15.2 Å². The van der Waals surface area contributed by atoms with Gasteiger partial charge in [-0.1, -0.05) is 23.7 Å². The molecule has 1 aliphatic rings. The predicted octanol–water partition coefficient (Wildman–Crippen LogP) is 4.98. The van der Waals surface area contributed by atoms with Crippen molar-refractivity contribution in [2.45, 2.75) is 25.7 Å². The van der Waals surface area contributed by atoms with Gasteiger partial charge >= 0.3 is 12.1 Å². The van der Waals surface area contributed by atoms with Gasteiger partial charge in [0.15, 0.2) is 5.69 Å². The van der Waals surface area contributed by atoms with Crippen molar-refractivity contribution in [3.05, 3.63) is 75.9 Å². The molecule has 1 N–H and O–H groups in total. The second kappa shape index (κ2) is 9.02. The van der Waals surface area contributed by atoms with E-state index in [1.165, 1.54) is 23.9 Å². The van der Waals surface area contributed by atoms with Gasteiger partial charge in [-0.15, -0.1) is 0 Å². The zero-order valence-electron chi connectivity index (χ0n) is 18.2. The normalized spacial score (nSPS) is 14.0. The number of nitrogens with zero attached hydrogens (tertiary/aromatic N) is 3. The van der Waals surface area contributed by atoms with E-state index in [0.717, 1.165) is 0 Å². The fourth-order valence-corrected chi connectivity index (χ4v) is 3.97. The molecule has 0 bridgehead atoms. The smallest absolute Gasteiger partial charge is 0.436 e. The standard InChI is InChI=1S/C23H20ClF3N4O3/c1-13(14-3-5-15(6-4-14)22(33)34-2)28-20(32)18-19(23(25,26)27)29-31-12-11-30(21(18)31)17-9-7-16(24)8-10-17/h3-10,13H,11-12H2,1-2H3,(H,28,32)/t13-/m0/s1. The molecule has 0 unspecified atom stereocenters. The number of esters is 1. The number of carbonyl (C=O) groups excluding carboxylic acids is 2. The van der Waals surface area contributed by atoms with Gasteiger partial charge in [-0.05, 0) is 48.9 Å². The molecule has 1 atom stereocenters. The minimum atomic E-state index is -4.82.